The number of nitrogens with zero attached hydrogens (tertiary/aromatic N) is 3. The predicted molar refractivity (Wildman–Crippen MR) is 102 cm³/mol. The Labute approximate surface area is 165 Å². The Balaban J connectivity index is 1.71. The fourth-order valence-corrected chi connectivity index (χ4v) is 4.48. The van der Waals surface area contributed by atoms with Crippen LogP contribution in [0.3, 0.4) is 0 Å². The summed E-state index contributed by atoms with van der Waals surface area (Å²) in [6.45, 7) is 2.64. The number of rotatable bonds is 3. The molecule has 1 aromatic heterocycles. The Hall–Kier alpha value is -3.49. The zero-order valence-electron chi connectivity index (χ0n) is 15.7. The minimum absolute atomic E-state index is 0.0333. The van der Waals surface area contributed by atoms with E-state index in [0.717, 1.165) is 18.2 Å². The summed E-state index contributed by atoms with van der Waals surface area (Å²) in [5.41, 5.74) is 0.268. The van der Waals surface area contributed by atoms with Crippen LogP contribution in [0.1, 0.15) is 44.3 Å². The monoisotopic (exact) mass is 397 g/mol. The number of aromatic nitrogens is 1. The van der Waals surface area contributed by atoms with Crippen molar-refractivity contribution in [1.29, 1.82) is 0 Å². The molecule has 2 atom stereocenters. The molecule has 1 saturated heterocycles. The van der Waals surface area contributed by atoms with E-state index in [1.165, 1.54) is 19.1 Å². The van der Waals surface area contributed by atoms with Crippen LogP contribution < -0.4 is 5.56 Å². The second-order valence-electron chi connectivity index (χ2n) is 7.65. The number of pyridine rings is 1. The highest BCUT2D eigenvalue weighted by Crippen LogP contribution is 2.36. The Kier molecular flexibility index (Phi) is 4.45. The van der Waals surface area contributed by atoms with Gasteiger partial charge in [0, 0.05) is 48.9 Å². The maximum atomic E-state index is 13.2. The van der Waals surface area contributed by atoms with E-state index in [-0.39, 0.29) is 39.8 Å². The largest absolute Gasteiger partial charge is 0.478 e. The van der Waals surface area contributed by atoms with Crippen LogP contribution in [0.25, 0.3) is 0 Å². The molecule has 0 radical (unpaired) electrons. The molecule has 0 saturated carbocycles. The maximum absolute atomic E-state index is 13.2. The number of carbonyl (C=O) groups excluding carboxylic acids is 1. The summed E-state index contributed by atoms with van der Waals surface area (Å²) in [6, 6.07) is 7.31. The van der Waals surface area contributed by atoms with Gasteiger partial charge in [0.2, 0.25) is 0 Å². The van der Waals surface area contributed by atoms with Crippen LogP contribution in [0, 0.1) is 23.0 Å². The first-order valence-corrected chi connectivity index (χ1v) is 9.27. The Morgan fingerprint density at radius 1 is 1.17 bits per heavy atom. The van der Waals surface area contributed by atoms with Gasteiger partial charge in [-0.25, -0.2) is 4.79 Å². The van der Waals surface area contributed by atoms with Gasteiger partial charge in [0.05, 0.1) is 16.1 Å². The van der Waals surface area contributed by atoms with Crippen LogP contribution in [0.4, 0.5) is 5.69 Å². The van der Waals surface area contributed by atoms with Crippen molar-refractivity contribution in [1.82, 2.24) is 9.47 Å². The number of amides is 1. The maximum Gasteiger partial charge on any atom is 0.336 e. The standard InChI is InChI=1S/C20H19N3O6/c1-11-5-15(20(26)27)14(7-17(11)23(28)29)19(25)21-8-12-6-13(10-21)16-3-2-4-18(24)22(16)9-12/h2-5,7,12-13H,6,8-10H2,1H3,(H,26,27)/t12-,13+/m1/s1. The number of likely N-dealkylation sites (tertiary alicyclic amines) is 1. The molecule has 29 heavy (non-hydrogen) atoms. The molecule has 1 N–H and O–H groups in total. The fraction of sp³-hybridized carbons (Fsp3) is 0.350. The molecule has 2 aromatic rings. The molecule has 0 unspecified atom stereocenters. The van der Waals surface area contributed by atoms with Gasteiger partial charge in [-0.05, 0) is 31.4 Å². The normalized spacial score (nSPS) is 20.1. The predicted octanol–water partition coefficient (Wildman–Crippen LogP) is 2.02. The SMILES string of the molecule is Cc1cc(C(=O)O)c(C(=O)N2C[C@H]3C[C@@H](C2)c2cccc(=O)n2C3)cc1[N+](=O)[O-]. The van der Waals surface area contributed by atoms with Crippen molar-refractivity contribution < 1.29 is 19.6 Å². The smallest absolute Gasteiger partial charge is 0.336 e. The molecule has 1 amide bonds. The zero-order chi connectivity index (χ0) is 20.9. The van der Waals surface area contributed by atoms with Crippen LogP contribution in [0.5, 0.6) is 0 Å². The highest BCUT2D eigenvalue weighted by atomic mass is 16.6. The lowest BCUT2D eigenvalue weighted by molar-refractivity contribution is -0.385. The van der Waals surface area contributed by atoms with Gasteiger partial charge in [-0.1, -0.05) is 6.07 Å². The molecule has 2 aliphatic heterocycles. The number of hydrogen-bond acceptors (Lipinski definition) is 5. The summed E-state index contributed by atoms with van der Waals surface area (Å²) in [4.78, 5) is 49.2. The van der Waals surface area contributed by atoms with Crippen molar-refractivity contribution in [2.45, 2.75) is 25.8 Å². The Morgan fingerprint density at radius 2 is 1.93 bits per heavy atom. The number of aromatic carboxylic acids is 1. The van der Waals surface area contributed by atoms with Gasteiger partial charge in [-0.2, -0.15) is 0 Å². The fourth-order valence-electron chi connectivity index (χ4n) is 4.48. The molecule has 9 nitrogen and oxygen atoms in total. The number of piperidine rings is 1. The lowest BCUT2D eigenvalue weighted by Gasteiger charge is -2.42. The van der Waals surface area contributed by atoms with Gasteiger partial charge in [-0.3, -0.25) is 19.7 Å². The van der Waals surface area contributed by atoms with Crippen LogP contribution in [-0.4, -0.2) is 44.5 Å². The van der Waals surface area contributed by atoms with E-state index < -0.39 is 16.8 Å². The average Bonchev–Trinajstić information content (AvgIpc) is 2.67. The van der Waals surface area contributed by atoms with Crippen molar-refractivity contribution in [2.75, 3.05) is 13.1 Å². The number of hydrogen-bond donors (Lipinski definition) is 1. The third-order valence-corrected chi connectivity index (χ3v) is 5.76. The second kappa shape index (κ2) is 6.84. The van der Waals surface area contributed by atoms with Gasteiger partial charge >= 0.3 is 5.97 Å². The van der Waals surface area contributed by atoms with Gasteiger partial charge in [0.25, 0.3) is 17.2 Å². The molecule has 0 aliphatic carbocycles. The summed E-state index contributed by atoms with van der Waals surface area (Å²) in [5.74, 6) is -1.81. The number of nitro groups is 1. The molecule has 3 heterocycles. The van der Waals surface area contributed by atoms with Crippen LogP contribution in [-0.2, 0) is 6.54 Å². The second-order valence-corrected chi connectivity index (χ2v) is 7.65. The molecule has 0 spiro atoms. The number of nitro benzene ring substituents is 1. The molecular formula is C20H19N3O6. The number of fused-ring (bicyclic) bond motifs is 4. The first-order valence-electron chi connectivity index (χ1n) is 9.27. The highest BCUT2D eigenvalue weighted by Gasteiger charge is 2.37. The van der Waals surface area contributed by atoms with Crippen LogP contribution in [0.15, 0.2) is 35.1 Å². The molecule has 150 valence electrons. The van der Waals surface area contributed by atoms with Crippen molar-refractivity contribution >= 4 is 17.6 Å². The van der Waals surface area contributed by atoms with E-state index in [9.17, 15) is 29.6 Å². The van der Waals surface area contributed by atoms with Gasteiger partial charge in [-0.15, -0.1) is 0 Å². The van der Waals surface area contributed by atoms with E-state index in [0.29, 0.717) is 19.6 Å². The summed E-state index contributed by atoms with van der Waals surface area (Å²) in [7, 11) is 0. The Morgan fingerprint density at radius 3 is 2.62 bits per heavy atom. The van der Waals surface area contributed by atoms with E-state index in [1.54, 1.807) is 15.5 Å². The van der Waals surface area contributed by atoms with Crippen molar-refractivity contribution in [3.63, 3.8) is 0 Å². The lowest BCUT2D eigenvalue weighted by atomic mass is 9.82. The van der Waals surface area contributed by atoms with E-state index >= 15 is 0 Å². The number of carbonyl (C=O) groups is 2. The van der Waals surface area contributed by atoms with Crippen molar-refractivity contribution in [3.05, 3.63) is 73.2 Å². The third kappa shape index (κ3) is 3.18. The molecule has 1 aromatic carbocycles. The van der Waals surface area contributed by atoms with Crippen LogP contribution in [0.2, 0.25) is 0 Å². The van der Waals surface area contributed by atoms with Crippen molar-refractivity contribution in [2.24, 2.45) is 5.92 Å². The topological polar surface area (TPSA) is 123 Å². The quantitative estimate of drug-likeness (QED) is 0.624. The van der Waals surface area contributed by atoms with E-state index in [1.807, 2.05) is 6.07 Å². The minimum Gasteiger partial charge on any atom is -0.478 e. The third-order valence-electron chi connectivity index (χ3n) is 5.76. The average molecular weight is 397 g/mol. The number of carboxylic acids is 1. The summed E-state index contributed by atoms with van der Waals surface area (Å²) < 4.78 is 1.74. The number of aryl methyl sites for hydroxylation is 1. The highest BCUT2D eigenvalue weighted by molar-refractivity contribution is 6.05. The molecular weight excluding hydrogens is 378 g/mol. The summed E-state index contributed by atoms with van der Waals surface area (Å²) in [6.07, 6.45) is 0.840. The zero-order valence-corrected chi connectivity index (χ0v) is 15.7. The van der Waals surface area contributed by atoms with E-state index in [2.05, 4.69) is 0 Å². The van der Waals surface area contributed by atoms with E-state index in [4.69, 9.17) is 0 Å². The first kappa shape index (κ1) is 18.9. The molecule has 1 fully saturated rings. The summed E-state index contributed by atoms with van der Waals surface area (Å²) in [5, 5.41) is 20.8. The number of benzene rings is 1. The van der Waals surface area contributed by atoms with Gasteiger partial charge in [0.15, 0.2) is 0 Å². The first-order chi connectivity index (χ1) is 13.8. The van der Waals surface area contributed by atoms with Crippen molar-refractivity contribution in [3.8, 4) is 0 Å². The lowest BCUT2D eigenvalue weighted by Crippen LogP contribution is -2.49. The number of carboxylic acid groups (broad SMARTS) is 1. The minimum atomic E-state index is -1.31. The van der Waals surface area contributed by atoms with Crippen LogP contribution >= 0.6 is 0 Å². The molecule has 4 rings (SSSR count). The van der Waals surface area contributed by atoms with Gasteiger partial charge in [0.1, 0.15) is 0 Å². The molecule has 2 bridgehead atoms. The summed E-state index contributed by atoms with van der Waals surface area (Å²) >= 11 is 0. The molecule has 2 aliphatic rings. The Bertz CT molecular complexity index is 1110. The van der Waals surface area contributed by atoms with Gasteiger partial charge < -0.3 is 14.6 Å². The molecule has 9 heteroatoms.